The van der Waals surface area contributed by atoms with Gasteiger partial charge in [-0.25, -0.2) is 16.8 Å². The molecule has 5 rings (SSSR count). The van der Waals surface area contributed by atoms with Crippen molar-refractivity contribution in [3.63, 3.8) is 0 Å². The number of hydrogen-bond donors (Lipinski definition) is 1. The van der Waals surface area contributed by atoms with Gasteiger partial charge in [0, 0.05) is 30.3 Å². The van der Waals surface area contributed by atoms with Crippen molar-refractivity contribution in [2.24, 2.45) is 5.92 Å². The van der Waals surface area contributed by atoms with Crippen LogP contribution in [0.3, 0.4) is 0 Å². The minimum atomic E-state index is -3.88. The summed E-state index contributed by atoms with van der Waals surface area (Å²) in [5, 5.41) is 3.32. The molecule has 212 valence electrons. The van der Waals surface area contributed by atoms with Gasteiger partial charge in [0.2, 0.25) is 15.9 Å². The summed E-state index contributed by atoms with van der Waals surface area (Å²) < 4.78 is 61.6. The second kappa shape index (κ2) is 11.0. The van der Waals surface area contributed by atoms with Crippen LogP contribution in [0.1, 0.15) is 24.0 Å². The van der Waals surface area contributed by atoms with Gasteiger partial charge in [-0.15, -0.1) is 0 Å². The number of piperidine rings is 1. The predicted molar refractivity (Wildman–Crippen MR) is 154 cm³/mol. The molecule has 0 unspecified atom stereocenters. The van der Waals surface area contributed by atoms with Crippen molar-refractivity contribution in [3.8, 4) is 5.75 Å². The molecule has 3 aromatic carbocycles. The second-order valence-electron chi connectivity index (χ2n) is 9.97. The first-order chi connectivity index (χ1) is 19.0. The zero-order valence-electron chi connectivity index (χ0n) is 22.1. The number of fused-ring (bicyclic) bond motifs is 1. The lowest BCUT2D eigenvalue weighted by atomic mass is 9.98. The highest BCUT2D eigenvalue weighted by atomic mass is 35.5. The largest absolute Gasteiger partial charge is 0.495 e. The van der Waals surface area contributed by atoms with Crippen LogP contribution in [0.4, 0.5) is 11.4 Å². The van der Waals surface area contributed by atoms with Crippen LogP contribution in [0.25, 0.3) is 0 Å². The minimum absolute atomic E-state index is 0.0350. The number of anilines is 2. The van der Waals surface area contributed by atoms with Crippen LogP contribution in [0, 0.1) is 12.8 Å². The van der Waals surface area contributed by atoms with Gasteiger partial charge in [0.1, 0.15) is 10.6 Å². The van der Waals surface area contributed by atoms with Gasteiger partial charge in [0.25, 0.3) is 10.0 Å². The number of halogens is 1. The topological polar surface area (TPSA) is 113 Å². The molecule has 0 radical (unpaired) electrons. The fraction of sp³-hybridized carbons (Fsp3) is 0.321. The number of amides is 1. The van der Waals surface area contributed by atoms with E-state index in [9.17, 15) is 21.6 Å². The highest BCUT2D eigenvalue weighted by Crippen LogP contribution is 2.36. The van der Waals surface area contributed by atoms with Gasteiger partial charge in [-0.1, -0.05) is 23.7 Å². The third kappa shape index (κ3) is 5.43. The smallest absolute Gasteiger partial charge is 0.264 e. The summed E-state index contributed by atoms with van der Waals surface area (Å²) in [7, 11) is -6.27. The number of hydrogen-bond acceptors (Lipinski definition) is 6. The summed E-state index contributed by atoms with van der Waals surface area (Å²) in [5.41, 5.74) is 2.60. The Labute approximate surface area is 239 Å². The highest BCUT2D eigenvalue weighted by Gasteiger charge is 2.36. The average Bonchev–Trinajstić information content (AvgIpc) is 3.37. The molecule has 3 aromatic rings. The van der Waals surface area contributed by atoms with Crippen LogP contribution >= 0.6 is 11.6 Å². The lowest BCUT2D eigenvalue weighted by Crippen LogP contribution is -2.43. The predicted octanol–water partition coefficient (Wildman–Crippen LogP) is 4.45. The lowest BCUT2D eigenvalue weighted by Gasteiger charge is -2.31. The maximum absolute atomic E-state index is 13.5. The van der Waals surface area contributed by atoms with Crippen molar-refractivity contribution >= 4 is 48.9 Å². The third-order valence-corrected chi connectivity index (χ3v) is 11.3. The molecular weight excluding hydrogens is 574 g/mol. The van der Waals surface area contributed by atoms with Gasteiger partial charge < -0.3 is 10.1 Å². The fourth-order valence-electron chi connectivity index (χ4n) is 5.15. The Morgan fingerprint density at radius 3 is 2.45 bits per heavy atom. The van der Waals surface area contributed by atoms with Gasteiger partial charge in [0.05, 0.1) is 23.6 Å². The van der Waals surface area contributed by atoms with E-state index >= 15 is 0 Å². The van der Waals surface area contributed by atoms with Crippen molar-refractivity contribution in [2.75, 3.05) is 36.4 Å². The molecule has 1 amide bonds. The molecule has 9 nitrogen and oxygen atoms in total. The molecule has 2 aliphatic heterocycles. The number of rotatable bonds is 7. The van der Waals surface area contributed by atoms with Gasteiger partial charge in [-0.3, -0.25) is 9.10 Å². The van der Waals surface area contributed by atoms with Crippen LogP contribution in [-0.4, -0.2) is 53.8 Å². The molecule has 1 fully saturated rings. The third-order valence-electron chi connectivity index (χ3n) is 7.30. The van der Waals surface area contributed by atoms with Crippen molar-refractivity contribution in [3.05, 3.63) is 76.8 Å². The fourth-order valence-corrected chi connectivity index (χ4v) is 8.54. The first kappa shape index (κ1) is 28.4. The molecule has 1 saturated heterocycles. The van der Waals surface area contributed by atoms with E-state index in [0.29, 0.717) is 42.2 Å². The number of nitrogens with zero attached hydrogens (tertiary/aromatic N) is 2. The van der Waals surface area contributed by atoms with E-state index in [1.807, 2.05) is 13.0 Å². The molecule has 1 N–H and O–H groups in total. The van der Waals surface area contributed by atoms with Gasteiger partial charge in [-0.2, -0.15) is 4.31 Å². The number of aryl methyl sites for hydroxylation is 1. The molecule has 12 heteroatoms. The molecule has 2 aliphatic rings. The number of benzene rings is 3. The van der Waals surface area contributed by atoms with E-state index in [2.05, 4.69) is 5.32 Å². The average molecular weight is 604 g/mol. The molecule has 40 heavy (non-hydrogen) atoms. The van der Waals surface area contributed by atoms with Crippen molar-refractivity contribution in [1.82, 2.24) is 4.31 Å². The zero-order valence-corrected chi connectivity index (χ0v) is 24.5. The zero-order chi connectivity index (χ0) is 28.7. The minimum Gasteiger partial charge on any atom is -0.495 e. The van der Waals surface area contributed by atoms with Crippen molar-refractivity contribution in [1.29, 1.82) is 0 Å². The molecule has 0 saturated carbocycles. The molecular formula is C28H30ClN3O6S2. The Morgan fingerprint density at radius 1 is 0.975 bits per heavy atom. The SMILES string of the molecule is COc1ccc(C)cc1S(=O)(=O)N1CCC[C@@H](C(=O)Nc2ccc3c(c2)N(S(=O)(=O)c2ccc(Cl)cc2)CC3)C1. The van der Waals surface area contributed by atoms with E-state index in [1.54, 1.807) is 30.3 Å². The quantitative estimate of drug-likeness (QED) is 0.427. The first-order valence-electron chi connectivity index (χ1n) is 12.9. The molecule has 0 aromatic heterocycles. The number of carbonyl (C=O) groups excluding carboxylic acids is 1. The van der Waals surface area contributed by atoms with Crippen LogP contribution in [0.2, 0.25) is 5.02 Å². The summed E-state index contributed by atoms with van der Waals surface area (Å²) in [4.78, 5) is 13.5. The number of ether oxygens (including phenoxy) is 1. The number of sulfonamides is 2. The standard InChI is InChI=1S/C28H30ClN3O6S2/c1-19-5-12-26(38-2)27(16-19)40(36,37)31-14-3-4-21(18-31)28(33)30-23-9-6-20-13-15-32(25(20)17-23)39(34,35)24-10-7-22(29)8-11-24/h5-12,16-17,21H,3-4,13-15,18H2,1-2H3,(H,30,33)/t21-/m1/s1. The van der Waals surface area contributed by atoms with E-state index in [1.165, 1.54) is 40.0 Å². The Balaban J connectivity index is 1.33. The van der Waals surface area contributed by atoms with Gasteiger partial charge >= 0.3 is 0 Å². The van der Waals surface area contributed by atoms with E-state index < -0.39 is 26.0 Å². The normalized spacial score (nSPS) is 17.9. The van der Waals surface area contributed by atoms with Gasteiger partial charge in [-0.05, 0) is 85.8 Å². The molecule has 0 bridgehead atoms. The highest BCUT2D eigenvalue weighted by molar-refractivity contribution is 7.92. The first-order valence-corrected chi connectivity index (χ1v) is 16.1. The van der Waals surface area contributed by atoms with Gasteiger partial charge in [0.15, 0.2) is 0 Å². The Kier molecular flexibility index (Phi) is 7.84. The monoisotopic (exact) mass is 603 g/mol. The maximum Gasteiger partial charge on any atom is 0.264 e. The maximum atomic E-state index is 13.5. The lowest BCUT2D eigenvalue weighted by molar-refractivity contribution is -0.120. The molecule has 1 atom stereocenters. The second-order valence-corrected chi connectivity index (χ2v) is 14.2. The van der Waals surface area contributed by atoms with E-state index in [-0.39, 0.29) is 34.5 Å². The molecule has 2 heterocycles. The molecule has 0 spiro atoms. The van der Waals surface area contributed by atoms with Crippen LogP contribution in [0.5, 0.6) is 5.75 Å². The van der Waals surface area contributed by atoms with Crippen LogP contribution in [0.15, 0.2) is 70.5 Å². The number of carbonyl (C=O) groups is 1. The number of methoxy groups -OCH3 is 1. The summed E-state index contributed by atoms with van der Waals surface area (Å²) in [6.07, 6.45) is 1.61. The Morgan fingerprint density at radius 2 is 1.73 bits per heavy atom. The van der Waals surface area contributed by atoms with Crippen molar-refractivity contribution in [2.45, 2.75) is 36.0 Å². The summed E-state index contributed by atoms with van der Waals surface area (Å²) in [5.74, 6) is -0.629. The van der Waals surface area contributed by atoms with Crippen LogP contribution in [-0.2, 0) is 31.3 Å². The molecule has 0 aliphatic carbocycles. The summed E-state index contributed by atoms with van der Waals surface area (Å²) in [6, 6.07) is 16.2. The van der Waals surface area contributed by atoms with Crippen LogP contribution < -0.4 is 14.4 Å². The van der Waals surface area contributed by atoms with E-state index in [0.717, 1.165) is 11.1 Å². The van der Waals surface area contributed by atoms with Crippen molar-refractivity contribution < 1.29 is 26.4 Å². The Hall–Kier alpha value is -3.12. The summed E-state index contributed by atoms with van der Waals surface area (Å²) >= 11 is 5.93. The number of nitrogens with one attached hydrogen (secondary N) is 1. The van der Waals surface area contributed by atoms with E-state index in [4.69, 9.17) is 16.3 Å². The summed E-state index contributed by atoms with van der Waals surface area (Å²) in [6.45, 7) is 2.44. The Bertz CT molecular complexity index is 1660.